The smallest absolute Gasteiger partial charge is 0.257 e. The van der Waals surface area contributed by atoms with Crippen molar-refractivity contribution in [1.82, 2.24) is 0 Å². The van der Waals surface area contributed by atoms with Crippen LogP contribution in [0.2, 0.25) is 10.0 Å². The Morgan fingerprint density at radius 1 is 1.20 bits per heavy atom. The molecule has 0 aliphatic carbocycles. The quantitative estimate of drug-likeness (QED) is 0.819. The maximum atomic E-state index is 12.2. The first-order valence-corrected chi connectivity index (χ1v) is 7.16. The van der Waals surface area contributed by atoms with Gasteiger partial charge in [-0.05, 0) is 36.4 Å². The number of amides is 1. The molecule has 1 N–H and O–H groups in total. The molecule has 3 nitrogen and oxygen atoms in total. The molecule has 104 valence electrons. The third-order valence-corrected chi connectivity index (χ3v) is 3.63. The van der Waals surface area contributed by atoms with Crippen LogP contribution in [-0.4, -0.2) is 13.0 Å². The predicted octanol–water partition coefficient (Wildman–Crippen LogP) is 5.02. The lowest BCUT2D eigenvalue weighted by molar-refractivity contribution is 0.102. The van der Waals surface area contributed by atoms with Crippen molar-refractivity contribution in [2.45, 2.75) is 0 Å². The zero-order chi connectivity index (χ0) is 14.7. The summed E-state index contributed by atoms with van der Waals surface area (Å²) in [5, 5.41) is 3.53. The van der Waals surface area contributed by atoms with Gasteiger partial charge in [0.2, 0.25) is 0 Å². The van der Waals surface area contributed by atoms with Crippen LogP contribution in [0.3, 0.4) is 0 Å². The van der Waals surface area contributed by atoms with Gasteiger partial charge in [-0.3, -0.25) is 4.79 Å². The fourth-order valence-electron chi connectivity index (χ4n) is 1.64. The number of hydrogen-bond acceptors (Lipinski definition) is 2. The molecule has 1 amide bonds. The van der Waals surface area contributed by atoms with Crippen molar-refractivity contribution >= 4 is 50.7 Å². The van der Waals surface area contributed by atoms with Crippen LogP contribution in [0.15, 0.2) is 40.9 Å². The molecule has 0 bridgehead atoms. The van der Waals surface area contributed by atoms with Gasteiger partial charge in [0.25, 0.3) is 5.91 Å². The van der Waals surface area contributed by atoms with Crippen molar-refractivity contribution in [2.24, 2.45) is 0 Å². The minimum Gasteiger partial charge on any atom is -0.495 e. The summed E-state index contributed by atoms with van der Waals surface area (Å²) >= 11 is 15.2. The molecule has 0 aliphatic heterocycles. The number of carbonyl (C=O) groups excluding carboxylic acids is 1. The van der Waals surface area contributed by atoms with Gasteiger partial charge < -0.3 is 10.1 Å². The van der Waals surface area contributed by atoms with E-state index >= 15 is 0 Å². The molecule has 0 spiro atoms. The first kappa shape index (κ1) is 15.2. The second-order valence-electron chi connectivity index (χ2n) is 3.92. The van der Waals surface area contributed by atoms with Crippen LogP contribution in [0, 0.1) is 0 Å². The Morgan fingerprint density at radius 2 is 1.95 bits per heavy atom. The van der Waals surface area contributed by atoms with E-state index < -0.39 is 0 Å². The molecule has 0 heterocycles. The SMILES string of the molecule is COc1ccc(Br)cc1NC(=O)c1ccc(Cl)cc1Cl. The molecule has 0 aliphatic rings. The van der Waals surface area contributed by atoms with Crippen LogP contribution in [0.1, 0.15) is 10.4 Å². The number of halogens is 3. The molecule has 0 aromatic heterocycles. The molecule has 0 atom stereocenters. The first-order valence-electron chi connectivity index (χ1n) is 5.61. The van der Waals surface area contributed by atoms with E-state index in [1.807, 2.05) is 6.07 Å². The van der Waals surface area contributed by atoms with E-state index in [9.17, 15) is 4.79 Å². The van der Waals surface area contributed by atoms with E-state index in [0.29, 0.717) is 27.0 Å². The maximum Gasteiger partial charge on any atom is 0.257 e. The van der Waals surface area contributed by atoms with Gasteiger partial charge >= 0.3 is 0 Å². The largest absolute Gasteiger partial charge is 0.495 e. The zero-order valence-corrected chi connectivity index (χ0v) is 13.5. The third kappa shape index (κ3) is 3.45. The lowest BCUT2D eigenvalue weighted by atomic mass is 10.2. The molecule has 2 rings (SSSR count). The summed E-state index contributed by atoms with van der Waals surface area (Å²) < 4.78 is 6.03. The molecule has 2 aromatic carbocycles. The average molecular weight is 375 g/mol. The van der Waals surface area contributed by atoms with Crippen LogP contribution in [0.25, 0.3) is 0 Å². The predicted molar refractivity (Wildman–Crippen MR) is 85.1 cm³/mol. The lowest BCUT2D eigenvalue weighted by Crippen LogP contribution is -2.13. The fraction of sp³-hybridized carbons (Fsp3) is 0.0714. The Hall–Kier alpha value is -1.23. The Bertz CT molecular complexity index is 662. The second-order valence-corrected chi connectivity index (χ2v) is 5.68. The van der Waals surface area contributed by atoms with Gasteiger partial charge in [0.05, 0.1) is 23.4 Å². The lowest BCUT2D eigenvalue weighted by Gasteiger charge is -2.11. The molecule has 0 unspecified atom stereocenters. The van der Waals surface area contributed by atoms with Gasteiger partial charge in [0, 0.05) is 9.50 Å². The normalized spacial score (nSPS) is 10.2. The van der Waals surface area contributed by atoms with Crippen LogP contribution in [-0.2, 0) is 0 Å². The topological polar surface area (TPSA) is 38.3 Å². The van der Waals surface area contributed by atoms with Gasteiger partial charge in [-0.25, -0.2) is 0 Å². The zero-order valence-electron chi connectivity index (χ0n) is 10.4. The first-order chi connectivity index (χ1) is 9.51. The van der Waals surface area contributed by atoms with Gasteiger partial charge in [-0.2, -0.15) is 0 Å². The molecule has 2 aromatic rings. The fourth-order valence-corrected chi connectivity index (χ4v) is 2.50. The van der Waals surface area contributed by atoms with E-state index in [0.717, 1.165) is 4.47 Å². The molecule has 0 fully saturated rings. The highest BCUT2D eigenvalue weighted by molar-refractivity contribution is 9.10. The number of rotatable bonds is 3. The van der Waals surface area contributed by atoms with Crippen molar-refractivity contribution < 1.29 is 9.53 Å². The van der Waals surface area contributed by atoms with Gasteiger partial charge in [-0.1, -0.05) is 39.1 Å². The summed E-state index contributed by atoms with van der Waals surface area (Å²) in [6.07, 6.45) is 0. The van der Waals surface area contributed by atoms with E-state index in [4.69, 9.17) is 27.9 Å². The number of methoxy groups -OCH3 is 1. The average Bonchev–Trinajstić information content (AvgIpc) is 2.38. The van der Waals surface area contributed by atoms with E-state index in [1.165, 1.54) is 13.2 Å². The highest BCUT2D eigenvalue weighted by Crippen LogP contribution is 2.29. The molecule has 6 heteroatoms. The van der Waals surface area contributed by atoms with Gasteiger partial charge in [0.1, 0.15) is 5.75 Å². The molecular weight excluding hydrogens is 365 g/mol. The molecule has 0 radical (unpaired) electrons. The van der Waals surface area contributed by atoms with Crippen LogP contribution < -0.4 is 10.1 Å². The Labute approximate surface area is 135 Å². The number of anilines is 1. The van der Waals surface area contributed by atoms with E-state index in [1.54, 1.807) is 24.3 Å². The number of ether oxygens (including phenoxy) is 1. The van der Waals surface area contributed by atoms with Gasteiger partial charge in [0.15, 0.2) is 0 Å². The van der Waals surface area contributed by atoms with Crippen molar-refractivity contribution in [3.8, 4) is 5.75 Å². The molecule has 0 saturated heterocycles. The van der Waals surface area contributed by atoms with Crippen molar-refractivity contribution in [3.63, 3.8) is 0 Å². The maximum absolute atomic E-state index is 12.2. The number of benzene rings is 2. The summed E-state index contributed by atoms with van der Waals surface area (Å²) in [4.78, 5) is 12.2. The molecule has 20 heavy (non-hydrogen) atoms. The highest BCUT2D eigenvalue weighted by Gasteiger charge is 2.13. The standard InChI is InChI=1S/C14H10BrCl2NO2/c1-20-13-5-2-8(15)6-12(13)18-14(19)10-4-3-9(16)7-11(10)17/h2-7H,1H3,(H,18,19). The minimum absolute atomic E-state index is 0.295. The van der Waals surface area contributed by atoms with Gasteiger partial charge in [-0.15, -0.1) is 0 Å². The Kier molecular flexibility index (Phi) is 4.91. The summed E-state index contributed by atoms with van der Waals surface area (Å²) in [5.74, 6) is 0.231. The second kappa shape index (κ2) is 6.48. The van der Waals surface area contributed by atoms with E-state index in [2.05, 4.69) is 21.2 Å². The summed E-state index contributed by atoms with van der Waals surface area (Å²) in [7, 11) is 1.54. The minimum atomic E-state index is -0.330. The van der Waals surface area contributed by atoms with Crippen molar-refractivity contribution in [1.29, 1.82) is 0 Å². The highest BCUT2D eigenvalue weighted by atomic mass is 79.9. The number of carbonyl (C=O) groups is 1. The molecule has 0 saturated carbocycles. The Balaban J connectivity index is 2.30. The van der Waals surface area contributed by atoms with Crippen LogP contribution in [0.5, 0.6) is 5.75 Å². The third-order valence-electron chi connectivity index (χ3n) is 2.59. The van der Waals surface area contributed by atoms with Crippen molar-refractivity contribution in [3.05, 3.63) is 56.5 Å². The summed E-state index contributed by atoms with van der Waals surface area (Å²) in [5.41, 5.74) is 0.899. The summed E-state index contributed by atoms with van der Waals surface area (Å²) in [6, 6.07) is 10.0. The number of hydrogen-bond donors (Lipinski definition) is 1. The number of nitrogens with one attached hydrogen (secondary N) is 1. The van der Waals surface area contributed by atoms with Crippen molar-refractivity contribution in [2.75, 3.05) is 12.4 Å². The Morgan fingerprint density at radius 3 is 2.60 bits per heavy atom. The summed E-state index contributed by atoms with van der Waals surface area (Å²) in [6.45, 7) is 0. The molecular formula is C14H10BrCl2NO2. The van der Waals surface area contributed by atoms with Crippen LogP contribution in [0.4, 0.5) is 5.69 Å². The van der Waals surface area contributed by atoms with E-state index in [-0.39, 0.29) is 5.91 Å². The monoisotopic (exact) mass is 373 g/mol. The van der Waals surface area contributed by atoms with Crippen LogP contribution >= 0.6 is 39.1 Å².